The number of carboxylic acid groups (broad SMARTS) is 1. The first-order chi connectivity index (χ1) is 9.60. The van der Waals surface area contributed by atoms with Crippen LogP contribution in [0, 0.1) is 5.92 Å². The lowest BCUT2D eigenvalue weighted by Gasteiger charge is -2.32. The first-order valence-corrected chi connectivity index (χ1v) is 7.67. The van der Waals surface area contributed by atoms with E-state index in [4.69, 9.17) is 11.6 Å². The Balaban J connectivity index is 1.67. The Labute approximate surface area is 123 Å². The van der Waals surface area contributed by atoms with Gasteiger partial charge >= 0.3 is 5.97 Å². The van der Waals surface area contributed by atoms with Crippen molar-refractivity contribution in [3.8, 4) is 0 Å². The average Bonchev–Trinajstić information content (AvgIpc) is 2.95. The largest absolute Gasteiger partial charge is 0.480 e. The summed E-state index contributed by atoms with van der Waals surface area (Å²) in [6.07, 6.45) is 9.13. The van der Waals surface area contributed by atoms with Gasteiger partial charge in [0, 0.05) is 18.8 Å². The third kappa shape index (κ3) is 2.69. The van der Waals surface area contributed by atoms with Crippen molar-refractivity contribution >= 4 is 17.6 Å². The van der Waals surface area contributed by atoms with Crippen molar-refractivity contribution in [3.63, 3.8) is 0 Å². The fourth-order valence-electron chi connectivity index (χ4n) is 3.34. The van der Waals surface area contributed by atoms with Crippen LogP contribution in [0.25, 0.3) is 0 Å². The fourth-order valence-corrected chi connectivity index (χ4v) is 3.50. The van der Waals surface area contributed by atoms with Crippen molar-refractivity contribution in [2.45, 2.75) is 56.7 Å². The summed E-state index contributed by atoms with van der Waals surface area (Å²) in [5.74, 6) is -0.519. The van der Waals surface area contributed by atoms with Crippen molar-refractivity contribution in [1.29, 1.82) is 0 Å². The molecule has 5 nitrogen and oxygen atoms in total. The molecule has 0 spiro atoms. The van der Waals surface area contributed by atoms with Gasteiger partial charge in [0.1, 0.15) is 5.54 Å². The molecule has 2 saturated carbocycles. The lowest BCUT2D eigenvalue weighted by Crippen LogP contribution is -2.55. The quantitative estimate of drug-likeness (QED) is 0.845. The highest BCUT2D eigenvalue weighted by atomic mass is 35.5. The molecular weight excluding hydrogens is 278 g/mol. The number of carboxylic acids is 1. The maximum Gasteiger partial charge on any atom is 0.324 e. The summed E-state index contributed by atoms with van der Waals surface area (Å²) in [4.78, 5) is 11.8. The summed E-state index contributed by atoms with van der Waals surface area (Å²) in [6.45, 7) is 0.721. The van der Waals surface area contributed by atoms with Crippen molar-refractivity contribution in [2.75, 3.05) is 0 Å². The van der Waals surface area contributed by atoms with Crippen LogP contribution >= 0.6 is 11.6 Å². The monoisotopic (exact) mass is 297 g/mol. The number of rotatable bonds is 6. The van der Waals surface area contributed by atoms with Crippen LogP contribution in [0.2, 0.25) is 5.02 Å². The van der Waals surface area contributed by atoms with Gasteiger partial charge < -0.3 is 5.11 Å². The second-order valence-corrected chi connectivity index (χ2v) is 6.43. The SMILES string of the molecule is O=C(O)C1(NC2CC2)CCCC1CCn1cc(Cl)cn1. The molecule has 2 unspecified atom stereocenters. The highest BCUT2D eigenvalue weighted by molar-refractivity contribution is 6.30. The predicted octanol–water partition coefficient (Wildman–Crippen LogP) is 2.30. The molecule has 0 bridgehead atoms. The van der Waals surface area contributed by atoms with Crippen molar-refractivity contribution < 1.29 is 9.90 Å². The maximum absolute atomic E-state index is 11.8. The van der Waals surface area contributed by atoms with Crippen LogP contribution in [0.1, 0.15) is 38.5 Å². The van der Waals surface area contributed by atoms with E-state index in [0.29, 0.717) is 11.1 Å². The van der Waals surface area contributed by atoms with Gasteiger partial charge in [-0.3, -0.25) is 14.8 Å². The summed E-state index contributed by atoms with van der Waals surface area (Å²) < 4.78 is 1.80. The molecule has 0 aliphatic heterocycles. The maximum atomic E-state index is 11.8. The van der Waals surface area contributed by atoms with E-state index in [-0.39, 0.29) is 5.92 Å². The molecule has 110 valence electrons. The molecule has 2 atom stereocenters. The molecule has 0 amide bonds. The molecule has 0 radical (unpaired) electrons. The highest BCUT2D eigenvalue weighted by Gasteiger charge is 2.51. The summed E-state index contributed by atoms with van der Waals surface area (Å²) in [6, 6.07) is 0.408. The van der Waals surface area contributed by atoms with E-state index in [1.54, 1.807) is 17.1 Å². The number of aliphatic carboxylic acids is 1. The third-order valence-corrected chi connectivity index (χ3v) is 4.74. The zero-order valence-electron chi connectivity index (χ0n) is 11.4. The van der Waals surface area contributed by atoms with Crippen molar-refractivity contribution in [1.82, 2.24) is 15.1 Å². The van der Waals surface area contributed by atoms with Crippen LogP contribution in [0.3, 0.4) is 0 Å². The third-order valence-electron chi connectivity index (χ3n) is 4.55. The Kier molecular flexibility index (Phi) is 3.73. The molecule has 6 heteroatoms. The van der Waals surface area contributed by atoms with Crippen molar-refractivity contribution in [2.24, 2.45) is 5.92 Å². The number of nitrogens with one attached hydrogen (secondary N) is 1. The second-order valence-electron chi connectivity index (χ2n) is 5.99. The number of carbonyl (C=O) groups is 1. The second kappa shape index (κ2) is 5.37. The van der Waals surface area contributed by atoms with E-state index in [1.165, 1.54) is 0 Å². The minimum absolute atomic E-state index is 0.170. The van der Waals surface area contributed by atoms with Crippen LogP contribution in [0.5, 0.6) is 0 Å². The molecule has 2 N–H and O–H groups in total. The Hall–Kier alpha value is -1.07. The van der Waals surface area contributed by atoms with E-state index >= 15 is 0 Å². The zero-order valence-corrected chi connectivity index (χ0v) is 12.1. The number of nitrogens with zero attached hydrogens (tertiary/aromatic N) is 2. The topological polar surface area (TPSA) is 67.2 Å². The Morgan fingerprint density at radius 3 is 2.95 bits per heavy atom. The van der Waals surface area contributed by atoms with Crippen LogP contribution in [0.15, 0.2) is 12.4 Å². The summed E-state index contributed by atoms with van der Waals surface area (Å²) in [5.41, 5.74) is -0.724. The van der Waals surface area contributed by atoms with E-state index in [1.807, 2.05) is 0 Å². The van der Waals surface area contributed by atoms with Gasteiger partial charge in [-0.05, 0) is 38.0 Å². The smallest absolute Gasteiger partial charge is 0.324 e. The molecule has 0 aromatic carbocycles. The zero-order chi connectivity index (χ0) is 14.2. The predicted molar refractivity (Wildman–Crippen MR) is 75.7 cm³/mol. The van der Waals surface area contributed by atoms with E-state index in [2.05, 4.69) is 10.4 Å². The summed E-state index contributed by atoms with van der Waals surface area (Å²) >= 11 is 5.85. The van der Waals surface area contributed by atoms with Gasteiger partial charge in [0.2, 0.25) is 0 Å². The highest BCUT2D eigenvalue weighted by Crippen LogP contribution is 2.41. The molecular formula is C14H20ClN3O2. The summed E-state index contributed by atoms with van der Waals surface area (Å²) in [5, 5.41) is 17.9. The number of hydrogen-bond acceptors (Lipinski definition) is 3. The van der Waals surface area contributed by atoms with E-state index in [9.17, 15) is 9.90 Å². The minimum atomic E-state index is -0.724. The van der Waals surface area contributed by atoms with Gasteiger partial charge in [0.05, 0.1) is 11.2 Å². The molecule has 20 heavy (non-hydrogen) atoms. The van der Waals surface area contributed by atoms with Crippen molar-refractivity contribution in [3.05, 3.63) is 17.4 Å². The lowest BCUT2D eigenvalue weighted by molar-refractivity contribution is -0.147. The van der Waals surface area contributed by atoms with Crippen LogP contribution in [0.4, 0.5) is 0 Å². The van der Waals surface area contributed by atoms with Gasteiger partial charge in [0.15, 0.2) is 0 Å². The van der Waals surface area contributed by atoms with Gasteiger partial charge in [-0.1, -0.05) is 18.0 Å². The van der Waals surface area contributed by atoms with Gasteiger partial charge in [0.25, 0.3) is 0 Å². The Bertz CT molecular complexity index is 500. The summed E-state index contributed by atoms with van der Waals surface area (Å²) in [7, 11) is 0. The van der Waals surface area contributed by atoms with Gasteiger partial charge in [-0.15, -0.1) is 0 Å². The molecule has 3 rings (SSSR count). The van der Waals surface area contributed by atoms with Crippen LogP contribution < -0.4 is 5.32 Å². The first kappa shape index (κ1) is 13.9. The normalized spacial score (nSPS) is 29.8. The molecule has 2 aliphatic rings. The minimum Gasteiger partial charge on any atom is -0.480 e. The number of aromatic nitrogens is 2. The van der Waals surface area contributed by atoms with Crippen LogP contribution in [-0.4, -0.2) is 32.4 Å². The standard InChI is InChI=1S/C14H20ClN3O2/c15-11-8-16-18(9-11)7-5-10-2-1-6-14(10,13(19)20)17-12-3-4-12/h8-10,12,17H,1-7H2,(H,19,20). The Morgan fingerprint density at radius 2 is 2.35 bits per heavy atom. The molecule has 1 aromatic rings. The molecule has 2 fully saturated rings. The lowest BCUT2D eigenvalue weighted by atomic mass is 9.84. The number of aryl methyl sites for hydroxylation is 1. The average molecular weight is 298 g/mol. The fraction of sp³-hybridized carbons (Fsp3) is 0.714. The van der Waals surface area contributed by atoms with Gasteiger partial charge in [-0.25, -0.2) is 0 Å². The van der Waals surface area contributed by atoms with Gasteiger partial charge in [-0.2, -0.15) is 5.10 Å². The molecule has 1 aromatic heterocycles. The molecule has 1 heterocycles. The number of hydrogen-bond donors (Lipinski definition) is 2. The van der Waals surface area contributed by atoms with E-state index < -0.39 is 11.5 Å². The molecule has 2 aliphatic carbocycles. The Morgan fingerprint density at radius 1 is 1.55 bits per heavy atom. The van der Waals surface area contributed by atoms with E-state index in [0.717, 1.165) is 45.1 Å². The van der Waals surface area contributed by atoms with Crippen LogP contribution in [-0.2, 0) is 11.3 Å². The molecule has 0 saturated heterocycles. The first-order valence-electron chi connectivity index (χ1n) is 7.29. The number of halogens is 1.